The van der Waals surface area contributed by atoms with Gasteiger partial charge in [0.05, 0.1) is 24.2 Å². The van der Waals surface area contributed by atoms with Crippen molar-refractivity contribution in [1.82, 2.24) is 19.3 Å². The second-order valence-electron chi connectivity index (χ2n) is 6.96. The Kier molecular flexibility index (Phi) is 5.70. The minimum absolute atomic E-state index is 0.272. The Balaban J connectivity index is 1.44. The number of fused-ring (bicyclic) bond motifs is 1. The summed E-state index contributed by atoms with van der Waals surface area (Å²) in [5.74, 6) is -1.52. The number of hydrogen-bond acceptors (Lipinski definition) is 11. The summed E-state index contributed by atoms with van der Waals surface area (Å²) < 4.78 is 37.6. The topological polar surface area (TPSA) is 199 Å². The van der Waals surface area contributed by atoms with Gasteiger partial charge in [0.25, 0.3) is 5.91 Å². The van der Waals surface area contributed by atoms with Crippen LogP contribution in [0.1, 0.15) is 16.6 Å². The zero-order chi connectivity index (χ0) is 23.0. The molecule has 1 aromatic carbocycles. The van der Waals surface area contributed by atoms with Gasteiger partial charge >= 0.3 is 10.3 Å². The Morgan fingerprint density at radius 3 is 2.72 bits per heavy atom. The molecule has 4 atom stereocenters. The third-order valence-electron chi connectivity index (χ3n) is 4.86. The van der Waals surface area contributed by atoms with E-state index in [9.17, 15) is 28.5 Å². The molecule has 32 heavy (non-hydrogen) atoms. The standard InChI is InChI=1S/C18H19N5O8S/c19-10-5-6-20-16-13(10)21-8-23(16)18-15(26)14(25)12(31-18)7-30-32(28,29)22-17(27)9-3-1-2-4-11(9)24/h1-6,8,12,14-15,18,24-26H,7H2,(H2,19,20)(H,22,27)/t12?,14-,15-,18-/m1/s1/i6+1,7+1,8+1,10+1,12+1,13+1,14+1,15+1,16+1,18+1,19+1,20+1,21+1,23+1. The van der Waals surface area contributed by atoms with E-state index in [2.05, 4.69) is 9.97 Å². The number of hydrogen-bond donors (Lipinski definition) is 5. The molecule has 1 saturated heterocycles. The molecular weight excluding hydrogens is 460 g/mol. The number of nitrogens with two attached hydrogens (primary N) is 1. The molecule has 13 nitrogen and oxygen atoms in total. The molecule has 4 rings (SSSR count). The zero-order valence-corrected chi connectivity index (χ0v) is 17.1. The van der Waals surface area contributed by atoms with Gasteiger partial charge in [0.1, 0.15) is 29.6 Å². The fourth-order valence-corrected chi connectivity index (χ4v) is 3.97. The average molecular weight is 479 g/mol. The first-order valence-electron chi connectivity index (χ1n) is 9.26. The van der Waals surface area contributed by atoms with Gasteiger partial charge in [0.15, 0.2) is 11.9 Å². The molecule has 6 N–H and O–H groups in total. The Morgan fingerprint density at radius 2 is 1.97 bits per heavy atom. The van der Waals surface area contributed by atoms with Crippen molar-refractivity contribution in [3.63, 3.8) is 0 Å². The van der Waals surface area contributed by atoms with E-state index in [1.807, 2.05) is 0 Å². The van der Waals surface area contributed by atoms with Crippen LogP contribution in [0.25, 0.3) is 11.2 Å². The van der Waals surface area contributed by atoms with Gasteiger partial charge in [0, 0.05) is 6.20 Å². The molecule has 0 spiro atoms. The highest BCUT2D eigenvalue weighted by Crippen LogP contribution is 2.32. The number of rotatable bonds is 6. The van der Waals surface area contributed by atoms with Gasteiger partial charge in [-0.15, -0.1) is 0 Å². The van der Waals surface area contributed by atoms with Crippen molar-refractivity contribution in [3.8, 4) is 5.75 Å². The minimum Gasteiger partial charge on any atom is -0.507 e. The molecular formula is C18H19N5O8S. The highest BCUT2D eigenvalue weighted by atomic mass is 32.2. The lowest BCUT2D eigenvalue weighted by Crippen LogP contribution is -2.37. The molecule has 1 unspecified atom stereocenters. The van der Waals surface area contributed by atoms with Gasteiger partial charge < -0.3 is 25.8 Å². The summed E-state index contributed by atoms with van der Waals surface area (Å²) >= 11 is 0. The number of carbonyl (C=O) groups excluding carboxylic acids is 1. The van der Waals surface area contributed by atoms with Crippen molar-refractivity contribution >= 4 is 33.1 Å². The van der Waals surface area contributed by atoms with Gasteiger partial charge in [0.2, 0.25) is 0 Å². The number of pyridine rings is 1. The largest absolute Gasteiger partial charge is 0.507 e. The number of nitrogens with one attached hydrogen (secondary N) is 1. The molecule has 0 saturated carbocycles. The number of anilines is 1. The van der Waals surface area contributed by atoms with Crippen LogP contribution < -0.4 is 10.5 Å². The van der Waals surface area contributed by atoms with Crippen LogP contribution in [0.3, 0.4) is 0 Å². The number of nitrogen functional groups attached to an aromatic ring is 1. The number of aliphatic hydroxyl groups excluding tert-OH is 2. The second kappa shape index (κ2) is 8.33. The van der Waals surface area contributed by atoms with Crippen LogP contribution in [0.2, 0.25) is 0 Å². The number of phenols is 1. The van der Waals surface area contributed by atoms with Crippen molar-refractivity contribution < 1.29 is 37.5 Å². The number of aromatic hydroxyl groups is 1. The first-order valence-corrected chi connectivity index (χ1v) is 10.7. The van der Waals surface area contributed by atoms with E-state index >= 15 is 0 Å². The number of aromatic nitrogens is 3. The number of ether oxygens (including phenoxy) is 1. The molecule has 1 aliphatic heterocycles. The monoisotopic (exact) mass is 479 g/mol. The molecule has 1 aliphatic rings. The Hall–Kier alpha value is -3.30. The van der Waals surface area contributed by atoms with Crippen molar-refractivity contribution in [2.24, 2.45) is 0 Å². The molecule has 0 radical (unpaired) electrons. The molecule has 1 fully saturated rings. The van der Waals surface area contributed by atoms with Crippen LogP contribution in [0.15, 0.2) is 42.9 Å². The third-order valence-corrected chi connectivity index (χ3v) is 5.74. The Bertz CT molecular complexity index is 1260. The first-order chi connectivity index (χ1) is 15.2. The summed E-state index contributed by atoms with van der Waals surface area (Å²) in [6, 6.07) is 6.89. The third kappa shape index (κ3) is 4.09. The molecule has 1 amide bonds. The van der Waals surface area contributed by atoms with E-state index < -0.39 is 53.1 Å². The van der Waals surface area contributed by atoms with E-state index in [4.69, 9.17) is 14.7 Å². The quantitative estimate of drug-likeness (QED) is 0.215. The van der Waals surface area contributed by atoms with Crippen molar-refractivity contribution in [2.75, 3.05) is 12.3 Å². The normalized spacial score (nSPS) is 23.4. The van der Waals surface area contributed by atoms with Crippen LogP contribution in [-0.2, 0) is 19.2 Å². The summed E-state index contributed by atoms with van der Waals surface area (Å²) in [5, 5.41) is 30.4. The fraction of sp³-hybridized carbons (Fsp3) is 0.278. The first kappa shape index (κ1) is 21.9. The lowest BCUT2D eigenvalue weighted by molar-refractivity contribution is -0.0468. The van der Waals surface area contributed by atoms with Gasteiger partial charge in [-0.1, -0.05) is 12.1 Å². The second-order valence-corrected chi connectivity index (χ2v) is 8.31. The van der Waals surface area contributed by atoms with E-state index in [0.717, 1.165) is 0 Å². The maximum absolute atomic E-state index is 12.1. The van der Waals surface area contributed by atoms with E-state index in [0.29, 0.717) is 16.9 Å². The van der Waals surface area contributed by atoms with Crippen LogP contribution in [0.4, 0.5) is 5.69 Å². The van der Waals surface area contributed by atoms with Gasteiger partial charge in [-0.25, -0.2) is 14.7 Å². The number of carbonyl (C=O) groups is 1. The Labute approximate surface area is 181 Å². The maximum atomic E-state index is 12.1. The molecule has 2 aromatic heterocycles. The number of amides is 1. The molecule has 0 bridgehead atoms. The lowest BCUT2D eigenvalue weighted by Gasteiger charge is -2.16. The number of benzene rings is 1. The van der Waals surface area contributed by atoms with Crippen LogP contribution >= 0.6 is 0 Å². The van der Waals surface area contributed by atoms with Gasteiger partial charge in [-0.3, -0.25) is 13.5 Å². The van der Waals surface area contributed by atoms with Gasteiger partial charge in [-0.05, 0) is 18.2 Å². The van der Waals surface area contributed by atoms with Crippen LogP contribution in [0.5, 0.6) is 5.75 Å². The van der Waals surface area contributed by atoms with E-state index in [1.54, 1.807) is 10.8 Å². The smallest absolute Gasteiger partial charge is 0.362 e. The molecule has 3 heterocycles. The molecule has 0 aliphatic carbocycles. The summed E-state index contributed by atoms with van der Waals surface area (Å²) in [6.07, 6.45) is -2.61. The lowest BCUT2D eigenvalue weighted by atomic mass is 10.2. The molecule has 170 valence electrons. The molecule has 14 heteroatoms. The van der Waals surface area contributed by atoms with Crippen molar-refractivity contribution in [2.45, 2.75) is 24.5 Å². The number of phenolic OH excluding ortho intramolecular Hbond substituents is 1. The van der Waals surface area contributed by atoms with Crippen LogP contribution in [-0.4, -0.2) is 69.1 Å². The van der Waals surface area contributed by atoms with E-state index in [1.165, 1.54) is 41.4 Å². The van der Waals surface area contributed by atoms with Gasteiger partial charge in [-0.2, -0.15) is 8.42 Å². The summed E-state index contributed by atoms with van der Waals surface area (Å²) in [5.41, 5.74) is 6.59. The maximum Gasteiger partial charge on any atom is 0.362 e. The summed E-state index contributed by atoms with van der Waals surface area (Å²) in [6.45, 7) is -0.708. The van der Waals surface area contributed by atoms with Crippen LogP contribution in [0, 0.1) is 0 Å². The predicted octanol–water partition coefficient (Wildman–Crippen LogP) is -0.970. The summed E-state index contributed by atoms with van der Waals surface area (Å²) in [7, 11) is -4.62. The number of nitrogens with zero attached hydrogens (tertiary/aromatic N) is 3. The Morgan fingerprint density at radius 1 is 1.22 bits per heavy atom. The number of imidazole rings is 1. The molecule has 3 aromatic rings. The number of para-hydroxylation sites is 1. The van der Waals surface area contributed by atoms with Crippen molar-refractivity contribution in [3.05, 3.63) is 48.4 Å². The predicted molar refractivity (Wildman–Crippen MR) is 108 cm³/mol. The SMILES string of the molecule is [15NH2][13c]1c[13cH][15n][13c]2[13c]1[15n][13cH][15n]2[13C@@H]1O[13CH]([13CH2]OS(=O)(=O)NC(=O)c2ccccc2O)[13C@@H](O)[13C@H]1O. The summed E-state index contributed by atoms with van der Waals surface area (Å²) in [4.78, 5) is 20.3. The van der Waals surface area contributed by atoms with E-state index in [-0.39, 0.29) is 5.56 Å². The highest BCUT2D eigenvalue weighted by molar-refractivity contribution is 7.85. The van der Waals surface area contributed by atoms with Crippen molar-refractivity contribution in [1.29, 1.82) is 0 Å². The zero-order valence-electron chi connectivity index (χ0n) is 16.3. The fourth-order valence-electron chi connectivity index (χ4n) is 3.26. The number of aliphatic hydroxyl groups is 2. The average Bonchev–Trinajstić information content (AvgIpc) is 3.29. The minimum atomic E-state index is -4.62. The highest BCUT2D eigenvalue weighted by Gasteiger charge is 2.45.